The zero-order valence-corrected chi connectivity index (χ0v) is 5.70. The molecule has 0 spiro atoms. The van der Waals surface area contributed by atoms with Crippen LogP contribution in [-0.4, -0.2) is 12.1 Å². The summed E-state index contributed by atoms with van der Waals surface area (Å²) in [5, 5.41) is 0. The molecular weight excluding hydrogens is 161 g/mol. The van der Waals surface area contributed by atoms with Crippen LogP contribution in [0.5, 0.6) is 0 Å². The average Bonchev–Trinajstić information content (AvgIpc) is 1.85. The van der Waals surface area contributed by atoms with E-state index in [9.17, 15) is 18.0 Å². The molecule has 0 aromatic carbocycles. The van der Waals surface area contributed by atoms with Crippen LogP contribution in [0.15, 0.2) is 11.6 Å². The summed E-state index contributed by atoms with van der Waals surface area (Å²) in [4.78, 5) is 10.3. The monoisotopic (exact) mass is 168 g/mol. The molecule has 0 aliphatic rings. The highest BCUT2D eigenvalue weighted by Gasteiger charge is 2.30. The Morgan fingerprint density at radius 3 is 2.27 bits per heavy atom. The van der Waals surface area contributed by atoms with Gasteiger partial charge in [-0.25, -0.2) is 5.84 Å². The Morgan fingerprint density at radius 1 is 1.55 bits per heavy atom. The summed E-state index contributed by atoms with van der Waals surface area (Å²) in [6.07, 6.45) is -4.08. The van der Waals surface area contributed by atoms with Gasteiger partial charge < -0.3 is 0 Å². The van der Waals surface area contributed by atoms with Crippen LogP contribution in [-0.2, 0) is 4.79 Å². The molecule has 3 nitrogen and oxygen atoms in total. The Kier molecular flexibility index (Phi) is 3.06. The molecule has 0 atom stereocenters. The van der Waals surface area contributed by atoms with Gasteiger partial charge in [0.2, 0.25) is 0 Å². The van der Waals surface area contributed by atoms with Crippen LogP contribution >= 0.6 is 0 Å². The van der Waals surface area contributed by atoms with E-state index in [2.05, 4.69) is 5.84 Å². The molecular formula is C5H7F3N2O. The number of carbonyl (C=O) groups is 1. The van der Waals surface area contributed by atoms with Crippen molar-refractivity contribution in [3.05, 3.63) is 11.6 Å². The number of halogens is 3. The number of hydrogen-bond acceptors (Lipinski definition) is 2. The smallest absolute Gasteiger partial charge is 0.291 e. The summed E-state index contributed by atoms with van der Waals surface area (Å²) in [6.45, 7) is 0.787. The number of carbonyl (C=O) groups excluding carboxylic acids is 1. The van der Waals surface area contributed by atoms with Gasteiger partial charge in [0.05, 0.1) is 0 Å². The van der Waals surface area contributed by atoms with Gasteiger partial charge in [0.1, 0.15) is 0 Å². The molecule has 0 aromatic rings. The summed E-state index contributed by atoms with van der Waals surface area (Å²) in [5.74, 6) is 3.58. The molecule has 0 radical (unpaired) electrons. The summed E-state index contributed by atoms with van der Waals surface area (Å²) < 4.78 is 35.0. The van der Waals surface area contributed by atoms with Gasteiger partial charge in [0.25, 0.3) is 5.91 Å². The van der Waals surface area contributed by atoms with E-state index in [1.54, 1.807) is 5.43 Å². The first-order valence-corrected chi connectivity index (χ1v) is 2.64. The van der Waals surface area contributed by atoms with Crippen LogP contribution < -0.4 is 11.3 Å². The highest BCUT2D eigenvalue weighted by atomic mass is 19.4. The maximum absolute atomic E-state index is 11.7. The minimum atomic E-state index is -4.47. The van der Waals surface area contributed by atoms with Gasteiger partial charge in [-0.05, 0) is 6.92 Å². The van der Waals surface area contributed by atoms with E-state index in [1.807, 2.05) is 0 Å². The third-order valence-electron chi connectivity index (χ3n) is 0.937. The van der Waals surface area contributed by atoms with E-state index >= 15 is 0 Å². The minimum Gasteiger partial charge on any atom is -0.291 e. The first-order chi connectivity index (χ1) is 4.88. The second kappa shape index (κ2) is 3.38. The first-order valence-electron chi connectivity index (χ1n) is 2.64. The maximum Gasteiger partial charge on any atom is 0.412 e. The van der Waals surface area contributed by atoms with Crippen LogP contribution in [0, 0.1) is 0 Å². The van der Waals surface area contributed by atoms with Crippen molar-refractivity contribution in [3.8, 4) is 0 Å². The van der Waals surface area contributed by atoms with Crippen molar-refractivity contribution in [2.24, 2.45) is 5.84 Å². The van der Waals surface area contributed by atoms with E-state index in [0.29, 0.717) is 6.08 Å². The SMILES string of the molecule is C/C(=C/C(=O)NN)C(F)(F)F. The molecule has 0 rings (SSSR count). The van der Waals surface area contributed by atoms with Crippen LogP contribution in [0.25, 0.3) is 0 Å². The molecule has 0 saturated heterocycles. The normalized spacial score (nSPS) is 13.0. The fourth-order valence-corrected chi connectivity index (χ4v) is 0.320. The van der Waals surface area contributed by atoms with Crippen molar-refractivity contribution < 1.29 is 18.0 Å². The fourth-order valence-electron chi connectivity index (χ4n) is 0.320. The average molecular weight is 168 g/mol. The standard InChI is InChI=1S/C5H7F3N2O/c1-3(5(6,7)8)2-4(11)10-9/h2H,9H2,1H3,(H,10,11)/b3-2-. The quantitative estimate of drug-likeness (QED) is 0.259. The van der Waals surface area contributed by atoms with Gasteiger partial charge in [-0.2, -0.15) is 13.2 Å². The van der Waals surface area contributed by atoms with E-state index in [4.69, 9.17) is 0 Å². The predicted molar refractivity (Wildman–Crippen MR) is 32.1 cm³/mol. The highest BCUT2D eigenvalue weighted by Crippen LogP contribution is 2.24. The molecule has 0 saturated carbocycles. The van der Waals surface area contributed by atoms with E-state index in [-0.39, 0.29) is 0 Å². The van der Waals surface area contributed by atoms with E-state index in [0.717, 1.165) is 6.92 Å². The third-order valence-corrected chi connectivity index (χ3v) is 0.937. The lowest BCUT2D eigenvalue weighted by atomic mass is 10.3. The number of alkyl halides is 3. The number of rotatable bonds is 1. The Labute approximate surface area is 61.0 Å². The van der Waals surface area contributed by atoms with Crippen LogP contribution in [0.4, 0.5) is 13.2 Å². The molecule has 64 valence electrons. The highest BCUT2D eigenvalue weighted by molar-refractivity contribution is 5.87. The Morgan fingerprint density at radius 2 is 2.00 bits per heavy atom. The van der Waals surface area contributed by atoms with Gasteiger partial charge in [-0.15, -0.1) is 0 Å². The molecule has 0 unspecified atom stereocenters. The summed E-state index contributed by atoms with van der Waals surface area (Å²) in [5.41, 5.74) is 0.567. The zero-order valence-electron chi connectivity index (χ0n) is 5.70. The topological polar surface area (TPSA) is 55.1 Å². The fraction of sp³-hybridized carbons (Fsp3) is 0.400. The third kappa shape index (κ3) is 3.61. The number of nitrogens with two attached hydrogens (primary N) is 1. The molecule has 3 N–H and O–H groups in total. The number of hydrazine groups is 1. The van der Waals surface area contributed by atoms with Crippen molar-refractivity contribution in [2.75, 3.05) is 0 Å². The largest absolute Gasteiger partial charge is 0.412 e. The first kappa shape index (κ1) is 9.96. The van der Waals surface area contributed by atoms with Crippen LogP contribution in [0.2, 0.25) is 0 Å². The molecule has 1 amide bonds. The Hall–Kier alpha value is -1.04. The van der Waals surface area contributed by atoms with Gasteiger partial charge in [-0.1, -0.05) is 0 Å². The van der Waals surface area contributed by atoms with Gasteiger partial charge in [0, 0.05) is 11.6 Å². The second-order valence-corrected chi connectivity index (χ2v) is 1.83. The van der Waals surface area contributed by atoms with Gasteiger partial charge >= 0.3 is 6.18 Å². The molecule has 0 heterocycles. The lowest BCUT2D eigenvalue weighted by Crippen LogP contribution is -2.29. The van der Waals surface area contributed by atoms with Crippen molar-refractivity contribution in [1.82, 2.24) is 5.43 Å². The number of amides is 1. The van der Waals surface area contributed by atoms with Gasteiger partial charge in [0.15, 0.2) is 0 Å². The number of nitrogens with one attached hydrogen (secondary N) is 1. The molecule has 0 fully saturated rings. The summed E-state index contributed by atoms with van der Waals surface area (Å²) in [6, 6.07) is 0. The summed E-state index contributed by atoms with van der Waals surface area (Å²) >= 11 is 0. The molecule has 0 bridgehead atoms. The molecule has 0 aromatic heterocycles. The maximum atomic E-state index is 11.7. The van der Waals surface area contributed by atoms with Crippen molar-refractivity contribution >= 4 is 5.91 Å². The number of hydrogen-bond donors (Lipinski definition) is 2. The lowest BCUT2D eigenvalue weighted by Gasteiger charge is -2.04. The van der Waals surface area contributed by atoms with Crippen molar-refractivity contribution in [3.63, 3.8) is 0 Å². The van der Waals surface area contributed by atoms with E-state index in [1.165, 1.54) is 0 Å². The second-order valence-electron chi connectivity index (χ2n) is 1.83. The van der Waals surface area contributed by atoms with Crippen molar-refractivity contribution in [2.45, 2.75) is 13.1 Å². The van der Waals surface area contributed by atoms with Gasteiger partial charge in [-0.3, -0.25) is 10.2 Å². The molecule has 11 heavy (non-hydrogen) atoms. The number of allylic oxidation sites excluding steroid dienone is 1. The van der Waals surface area contributed by atoms with Crippen molar-refractivity contribution in [1.29, 1.82) is 0 Å². The molecule has 0 aliphatic heterocycles. The molecule has 6 heteroatoms. The molecule has 0 aliphatic carbocycles. The van der Waals surface area contributed by atoms with Crippen LogP contribution in [0.1, 0.15) is 6.92 Å². The zero-order chi connectivity index (χ0) is 9.07. The Bertz CT molecular complexity index is 185. The predicted octanol–water partition coefficient (Wildman–Crippen LogP) is 0.485. The summed E-state index contributed by atoms with van der Waals surface area (Å²) in [7, 11) is 0. The lowest BCUT2D eigenvalue weighted by molar-refractivity contribution is -0.118. The van der Waals surface area contributed by atoms with Crippen LogP contribution in [0.3, 0.4) is 0 Å². The van der Waals surface area contributed by atoms with E-state index < -0.39 is 17.7 Å². The minimum absolute atomic E-state index is 0.389. The Balaban J connectivity index is 4.35.